The van der Waals surface area contributed by atoms with Crippen molar-refractivity contribution < 1.29 is 9.59 Å². The second-order valence-corrected chi connectivity index (χ2v) is 5.95. The largest absolute Gasteiger partial charge is 0.347 e. The molecule has 0 fully saturated rings. The summed E-state index contributed by atoms with van der Waals surface area (Å²) < 4.78 is 0. The van der Waals surface area contributed by atoms with Crippen LogP contribution in [0, 0.1) is 13.8 Å². The summed E-state index contributed by atoms with van der Waals surface area (Å²) in [4.78, 5) is 24.1. The maximum atomic E-state index is 12.1. The first-order valence-corrected chi connectivity index (χ1v) is 8.20. The first kappa shape index (κ1) is 17.7. The van der Waals surface area contributed by atoms with Gasteiger partial charge in [-0.1, -0.05) is 55.0 Å². The van der Waals surface area contributed by atoms with Crippen molar-refractivity contribution in [2.45, 2.75) is 33.6 Å². The number of carbonyl (C=O) groups excluding carboxylic acids is 2. The number of benzene rings is 2. The Hall–Kier alpha value is -2.62. The summed E-state index contributed by atoms with van der Waals surface area (Å²) in [5.41, 5.74) is 5.02. The molecule has 126 valence electrons. The van der Waals surface area contributed by atoms with E-state index >= 15 is 0 Å². The number of nitrogens with one attached hydrogen (secondary N) is 2. The van der Waals surface area contributed by atoms with Crippen LogP contribution in [0.4, 0.5) is 5.69 Å². The lowest BCUT2D eigenvalue weighted by Crippen LogP contribution is -2.34. The fourth-order valence-corrected chi connectivity index (χ4v) is 2.63. The zero-order valence-electron chi connectivity index (χ0n) is 14.5. The van der Waals surface area contributed by atoms with Crippen LogP contribution in [0.5, 0.6) is 0 Å². The lowest BCUT2D eigenvalue weighted by molar-refractivity contribution is -0.123. The summed E-state index contributed by atoms with van der Waals surface area (Å²) in [5, 5.41) is 5.58. The topological polar surface area (TPSA) is 58.2 Å². The number of carbonyl (C=O) groups is 2. The Morgan fingerprint density at radius 1 is 1.00 bits per heavy atom. The van der Waals surface area contributed by atoms with Gasteiger partial charge in [0.25, 0.3) is 0 Å². The molecule has 24 heavy (non-hydrogen) atoms. The van der Waals surface area contributed by atoms with Crippen LogP contribution in [0.2, 0.25) is 0 Å². The second kappa shape index (κ2) is 8.29. The smallest absolute Gasteiger partial charge is 0.243 e. The van der Waals surface area contributed by atoms with Crippen LogP contribution in [0.3, 0.4) is 0 Å². The van der Waals surface area contributed by atoms with E-state index in [0.29, 0.717) is 0 Å². The minimum absolute atomic E-state index is 0.0257. The average Bonchev–Trinajstić information content (AvgIpc) is 2.55. The first-order chi connectivity index (χ1) is 11.5. The predicted molar refractivity (Wildman–Crippen MR) is 97.1 cm³/mol. The zero-order valence-corrected chi connectivity index (χ0v) is 14.5. The number of amides is 2. The third-order valence-electron chi connectivity index (χ3n) is 3.90. The van der Waals surface area contributed by atoms with Crippen LogP contribution in [-0.4, -0.2) is 18.4 Å². The summed E-state index contributed by atoms with van der Waals surface area (Å²) in [6.07, 6.45) is 1.12. The molecule has 4 heteroatoms. The molecule has 0 bridgehead atoms. The van der Waals surface area contributed by atoms with Crippen molar-refractivity contribution in [1.29, 1.82) is 0 Å². The van der Waals surface area contributed by atoms with Gasteiger partial charge in [-0.2, -0.15) is 0 Å². The zero-order chi connectivity index (χ0) is 17.5. The predicted octanol–water partition coefficient (Wildman–Crippen LogP) is 3.16. The van der Waals surface area contributed by atoms with Crippen molar-refractivity contribution in [3.05, 3.63) is 64.7 Å². The second-order valence-electron chi connectivity index (χ2n) is 5.95. The highest BCUT2D eigenvalue weighted by atomic mass is 16.2. The van der Waals surface area contributed by atoms with Gasteiger partial charge in [-0.25, -0.2) is 0 Å². The molecular weight excluding hydrogens is 300 g/mol. The molecule has 0 aromatic heterocycles. The summed E-state index contributed by atoms with van der Waals surface area (Å²) in [5.74, 6) is -0.368. The van der Waals surface area contributed by atoms with E-state index in [1.807, 2.05) is 63.2 Å². The summed E-state index contributed by atoms with van der Waals surface area (Å²) in [7, 11) is 0. The van der Waals surface area contributed by atoms with Crippen LogP contribution < -0.4 is 10.6 Å². The lowest BCUT2D eigenvalue weighted by Gasteiger charge is -2.13. The van der Waals surface area contributed by atoms with Crippen LogP contribution >= 0.6 is 0 Å². The molecule has 0 heterocycles. The number of aryl methyl sites for hydroxylation is 3. The fourth-order valence-electron chi connectivity index (χ4n) is 2.63. The van der Waals surface area contributed by atoms with E-state index in [1.54, 1.807) is 0 Å². The maximum absolute atomic E-state index is 12.1. The van der Waals surface area contributed by atoms with E-state index in [1.165, 1.54) is 0 Å². The van der Waals surface area contributed by atoms with Crippen molar-refractivity contribution >= 4 is 17.5 Å². The molecule has 0 atom stereocenters. The van der Waals surface area contributed by atoms with Gasteiger partial charge in [0.05, 0.1) is 13.0 Å². The van der Waals surface area contributed by atoms with Crippen molar-refractivity contribution in [3.8, 4) is 0 Å². The Morgan fingerprint density at radius 3 is 2.46 bits per heavy atom. The van der Waals surface area contributed by atoms with Gasteiger partial charge in [0, 0.05) is 5.69 Å². The summed E-state index contributed by atoms with van der Waals surface area (Å²) >= 11 is 0. The molecule has 0 saturated heterocycles. The Bertz CT molecular complexity index is 738. The molecule has 0 spiro atoms. The number of anilines is 1. The van der Waals surface area contributed by atoms with Gasteiger partial charge in [-0.3, -0.25) is 9.59 Å². The molecule has 0 aliphatic heterocycles. The Balaban J connectivity index is 1.88. The van der Waals surface area contributed by atoms with Gasteiger partial charge >= 0.3 is 0 Å². The van der Waals surface area contributed by atoms with Crippen molar-refractivity contribution in [3.63, 3.8) is 0 Å². The lowest BCUT2D eigenvalue weighted by atomic mass is 10.1. The number of hydrogen-bond donors (Lipinski definition) is 2. The molecule has 2 amide bonds. The molecule has 0 radical (unpaired) electrons. The molecule has 2 aromatic carbocycles. The van der Waals surface area contributed by atoms with E-state index in [-0.39, 0.29) is 24.8 Å². The van der Waals surface area contributed by atoms with E-state index in [0.717, 1.165) is 34.4 Å². The molecule has 2 aromatic rings. The Labute approximate surface area is 143 Å². The van der Waals surface area contributed by atoms with Gasteiger partial charge in [0.1, 0.15) is 0 Å². The molecule has 0 aliphatic rings. The van der Waals surface area contributed by atoms with Crippen molar-refractivity contribution in [2.75, 3.05) is 11.9 Å². The monoisotopic (exact) mass is 324 g/mol. The normalized spacial score (nSPS) is 10.3. The minimum Gasteiger partial charge on any atom is -0.347 e. The molecule has 4 nitrogen and oxygen atoms in total. The third-order valence-corrected chi connectivity index (χ3v) is 3.90. The number of hydrogen-bond acceptors (Lipinski definition) is 2. The molecule has 0 saturated carbocycles. The molecule has 0 aliphatic carbocycles. The van der Waals surface area contributed by atoms with E-state index in [9.17, 15) is 9.59 Å². The van der Waals surface area contributed by atoms with Gasteiger partial charge in [-0.05, 0) is 37.0 Å². The van der Waals surface area contributed by atoms with Gasteiger partial charge in [0.2, 0.25) is 11.8 Å². The summed E-state index contributed by atoms with van der Waals surface area (Å²) in [6.45, 7) is 5.98. The quantitative estimate of drug-likeness (QED) is 0.857. The first-order valence-electron chi connectivity index (χ1n) is 8.20. The fraction of sp³-hybridized carbons (Fsp3) is 0.300. The van der Waals surface area contributed by atoms with Crippen LogP contribution in [0.25, 0.3) is 0 Å². The molecular formula is C20H24N2O2. The highest BCUT2D eigenvalue weighted by Gasteiger charge is 2.10. The average molecular weight is 324 g/mol. The molecule has 0 unspecified atom stereocenters. The van der Waals surface area contributed by atoms with Gasteiger partial charge in [0.15, 0.2) is 0 Å². The number of rotatable bonds is 6. The van der Waals surface area contributed by atoms with Crippen LogP contribution in [-0.2, 0) is 22.4 Å². The summed E-state index contributed by atoms with van der Waals surface area (Å²) in [6, 6.07) is 13.7. The number of para-hydroxylation sites is 1. The molecule has 2 N–H and O–H groups in total. The van der Waals surface area contributed by atoms with Crippen molar-refractivity contribution in [2.24, 2.45) is 0 Å². The van der Waals surface area contributed by atoms with E-state index in [4.69, 9.17) is 0 Å². The SMILES string of the molecule is CCc1cccc(C)c1NC(=O)CNC(=O)Cc1cccc(C)c1. The Kier molecular flexibility index (Phi) is 6.13. The van der Waals surface area contributed by atoms with E-state index in [2.05, 4.69) is 10.6 Å². The van der Waals surface area contributed by atoms with Gasteiger partial charge < -0.3 is 10.6 Å². The third kappa shape index (κ3) is 4.95. The molecule has 2 rings (SSSR count). The van der Waals surface area contributed by atoms with Crippen molar-refractivity contribution in [1.82, 2.24) is 5.32 Å². The Morgan fingerprint density at radius 2 is 1.75 bits per heavy atom. The van der Waals surface area contributed by atoms with E-state index < -0.39 is 0 Å². The van der Waals surface area contributed by atoms with Gasteiger partial charge in [-0.15, -0.1) is 0 Å². The minimum atomic E-state index is -0.211. The maximum Gasteiger partial charge on any atom is 0.243 e. The highest BCUT2D eigenvalue weighted by Crippen LogP contribution is 2.20. The highest BCUT2D eigenvalue weighted by molar-refractivity contribution is 5.96. The van der Waals surface area contributed by atoms with Crippen LogP contribution in [0.15, 0.2) is 42.5 Å². The standard InChI is InChI=1S/C20H24N2O2/c1-4-17-10-6-8-15(3)20(17)22-19(24)13-21-18(23)12-16-9-5-7-14(2)11-16/h5-11H,4,12-13H2,1-3H3,(H,21,23)(H,22,24). The van der Waals surface area contributed by atoms with Crippen LogP contribution in [0.1, 0.15) is 29.2 Å².